The average molecular weight is 311 g/mol. The van der Waals surface area contributed by atoms with Crippen LogP contribution in [-0.2, 0) is 4.74 Å². The molecule has 1 unspecified atom stereocenters. The second-order valence-corrected chi connectivity index (χ2v) is 7.72. The second-order valence-electron chi connectivity index (χ2n) is 7.28. The van der Waals surface area contributed by atoms with Gasteiger partial charge in [0, 0.05) is 30.7 Å². The first-order valence-corrected chi connectivity index (χ1v) is 7.98. The standard InChI is InChI=1S/C17H27ClN2O/c1-16(2)11-20(12-17(3,4)21-16)9-8-15(19)13-6-5-7-14(18)10-13/h5-7,10,15H,8-9,11-12,19H2,1-4H3. The fourth-order valence-corrected chi connectivity index (χ4v) is 3.53. The maximum atomic E-state index is 6.30. The molecule has 0 spiro atoms. The molecule has 118 valence electrons. The lowest BCUT2D eigenvalue weighted by Crippen LogP contribution is -2.57. The zero-order chi connectivity index (χ0) is 15.7. The number of nitrogens with zero attached hydrogens (tertiary/aromatic N) is 1. The van der Waals surface area contributed by atoms with Gasteiger partial charge in [-0.3, -0.25) is 4.90 Å². The molecule has 3 nitrogen and oxygen atoms in total. The van der Waals surface area contributed by atoms with Crippen molar-refractivity contribution >= 4 is 11.6 Å². The van der Waals surface area contributed by atoms with Gasteiger partial charge in [-0.15, -0.1) is 0 Å². The number of hydrogen-bond donors (Lipinski definition) is 1. The van der Waals surface area contributed by atoms with E-state index in [1.807, 2.05) is 24.3 Å². The Hall–Kier alpha value is -0.610. The maximum Gasteiger partial charge on any atom is 0.0760 e. The van der Waals surface area contributed by atoms with Crippen LogP contribution in [0.15, 0.2) is 24.3 Å². The molecule has 1 heterocycles. The predicted octanol–water partition coefficient (Wildman–Crippen LogP) is 3.62. The van der Waals surface area contributed by atoms with Crippen LogP contribution in [0.4, 0.5) is 0 Å². The number of benzene rings is 1. The van der Waals surface area contributed by atoms with Gasteiger partial charge < -0.3 is 10.5 Å². The molecule has 0 bridgehead atoms. The summed E-state index contributed by atoms with van der Waals surface area (Å²) in [6.45, 7) is 11.5. The van der Waals surface area contributed by atoms with E-state index >= 15 is 0 Å². The Morgan fingerprint density at radius 2 is 1.86 bits per heavy atom. The van der Waals surface area contributed by atoms with E-state index < -0.39 is 0 Å². The SMILES string of the molecule is CC1(C)CN(CCC(N)c2cccc(Cl)c2)CC(C)(C)O1. The Morgan fingerprint density at radius 1 is 1.24 bits per heavy atom. The quantitative estimate of drug-likeness (QED) is 0.923. The summed E-state index contributed by atoms with van der Waals surface area (Å²) in [5, 5.41) is 0.747. The van der Waals surface area contributed by atoms with Crippen molar-refractivity contribution in [1.29, 1.82) is 0 Å². The van der Waals surface area contributed by atoms with Gasteiger partial charge in [0.1, 0.15) is 0 Å². The molecule has 0 amide bonds. The van der Waals surface area contributed by atoms with Gasteiger partial charge in [0.25, 0.3) is 0 Å². The predicted molar refractivity (Wildman–Crippen MR) is 88.7 cm³/mol. The molecule has 1 atom stereocenters. The van der Waals surface area contributed by atoms with E-state index in [2.05, 4.69) is 32.6 Å². The first kappa shape index (κ1) is 16.8. The van der Waals surface area contributed by atoms with Gasteiger partial charge >= 0.3 is 0 Å². The van der Waals surface area contributed by atoms with Crippen LogP contribution >= 0.6 is 11.6 Å². The van der Waals surface area contributed by atoms with Crippen LogP contribution < -0.4 is 5.73 Å². The normalized spacial score (nSPS) is 23.0. The highest BCUT2D eigenvalue weighted by Gasteiger charge is 2.37. The Morgan fingerprint density at radius 3 is 2.43 bits per heavy atom. The van der Waals surface area contributed by atoms with Crippen LogP contribution in [0, 0.1) is 0 Å². The molecule has 1 saturated heterocycles. The summed E-state index contributed by atoms with van der Waals surface area (Å²) in [7, 11) is 0. The van der Waals surface area contributed by atoms with Crippen molar-refractivity contribution in [2.45, 2.75) is 51.4 Å². The third kappa shape index (κ3) is 4.96. The largest absolute Gasteiger partial charge is 0.367 e. The van der Waals surface area contributed by atoms with E-state index in [0.717, 1.165) is 36.6 Å². The molecule has 1 aliphatic heterocycles. The van der Waals surface area contributed by atoms with Gasteiger partial charge in [-0.2, -0.15) is 0 Å². The van der Waals surface area contributed by atoms with Crippen LogP contribution in [0.1, 0.15) is 45.7 Å². The van der Waals surface area contributed by atoms with Gasteiger partial charge in [0.05, 0.1) is 11.2 Å². The minimum atomic E-state index is -0.109. The van der Waals surface area contributed by atoms with E-state index in [4.69, 9.17) is 22.1 Å². The molecule has 1 aliphatic rings. The van der Waals surface area contributed by atoms with E-state index in [1.54, 1.807) is 0 Å². The van der Waals surface area contributed by atoms with Crippen molar-refractivity contribution in [2.75, 3.05) is 19.6 Å². The van der Waals surface area contributed by atoms with Crippen LogP contribution in [0.3, 0.4) is 0 Å². The number of hydrogen-bond acceptors (Lipinski definition) is 3. The molecule has 1 fully saturated rings. The number of nitrogens with two attached hydrogens (primary N) is 1. The summed E-state index contributed by atoms with van der Waals surface area (Å²) in [4.78, 5) is 2.45. The molecule has 2 N–H and O–H groups in total. The van der Waals surface area contributed by atoms with Crippen molar-refractivity contribution in [2.24, 2.45) is 5.73 Å². The highest BCUT2D eigenvalue weighted by atomic mass is 35.5. The molecule has 21 heavy (non-hydrogen) atoms. The third-order valence-electron chi connectivity index (χ3n) is 3.79. The topological polar surface area (TPSA) is 38.5 Å². The number of halogens is 1. The number of morpholine rings is 1. The molecule has 0 aromatic heterocycles. The van der Waals surface area contributed by atoms with Crippen molar-refractivity contribution in [1.82, 2.24) is 4.90 Å². The van der Waals surface area contributed by atoms with Crippen LogP contribution in [0.5, 0.6) is 0 Å². The summed E-state index contributed by atoms with van der Waals surface area (Å²) in [6.07, 6.45) is 0.923. The summed E-state index contributed by atoms with van der Waals surface area (Å²) in [5.74, 6) is 0. The van der Waals surface area contributed by atoms with Crippen molar-refractivity contribution in [3.63, 3.8) is 0 Å². The maximum absolute atomic E-state index is 6.30. The summed E-state index contributed by atoms with van der Waals surface area (Å²) in [6, 6.07) is 7.87. The monoisotopic (exact) mass is 310 g/mol. The summed E-state index contributed by atoms with van der Waals surface area (Å²) in [5.41, 5.74) is 7.19. The van der Waals surface area contributed by atoms with E-state index in [0.29, 0.717) is 0 Å². The lowest BCUT2D eigenvalue weighted by atomic mass is 9.97. The molecule has 1 aromatic carbocycles. The molecule has 4 heteroatoms. The molecule has 0 saturated carbocycles. The molecule has 2 rings (SSSR count). The molecular formula is C17H27ClN2O. The lowest BCUT2D eigenvalue weighted by Gasteiger charge is -2.47. The van der Waals surface area contributed by atoms with Crippen LogP contribution in [0.25, 0.3) is 0 Å². The van der Waals surface area contributed by atoms with Crippen LogP contribution in [0.2, 0.25) is 5.02 Å². The Bertz CT molecular complexity index is 471. The fourth-order valence-electron chi connectivity index (χ4n) is 3.33. The highest BCUT2D eigenvalue weighted by Crippen LogP contribution is 2.28. The van der Waals surface area contributed by atoms with Crippen molar-refractivity contribution < 1.29 is 4.74 Å². The highest BCUT2D eigenvalue weighted by molar-refractivity contribution is 6.30. The van der Waals surface area contributed by atoms with Gasteiger partial charge in [0.2, 0.25) is 0 Å². The van der Waals surface area contributed by atoms with Gasteiger partial charge in [-0.25, -0.2) is 0 Å². The zero-order valence-corrected chi connectivity index (χ0v) is 14.3. The first-order valence-electron chi connectivity index (χ1n) is 7.60. The third-order valence-corrected chi connectivity index (χ3v) is 4.03. The molecular weight excluding hydrogens is 284 g/mol. The van der Waals surface area contributed by atoms with Gasteiger partial charge in [0.15, 0.2) is 0 Å². The summed E-state index contributed by atoms with van der Waals surface area (Å²) >= 11 is 6.03. The Kier molecular flexibility index (Phi) is 4.99. The van der Waals surface area contributed by atoms with E-state index in [9.17, 15) is 0 Å². The first-order chi connectivity index (χ1) is 9.67. The summed E-state index contributed by atoms with van der Waals surface area (Å²) < 4.78 is 6.11. The molecule has 1 aromatic rings. The Balaban J connectivity index is 1.93. The minimum absolute atomic E-state index is 0.0257. The smallest absolute Gasteiger partial charge is 0.0760 e. The van der Waals surface area contributed by atoms with Crippen molar-refractivity contribution in [3.05, 3.63) is 34.9 Å². The number of ether oxygens (including phenoxy) is 1. The van der Waals surface area contributed by atoms with Crippen LogP contribution in [-0.4, -0.2) is 35.7 Å². The van der Waals surface area contributed by atoms with Gasteiger partial charge in [-0.1, -0.05) is 23.7 Å². The van der Waals surface area contributed by atoms with E-state index in [1.165, 1.54) is 0 Å². The Labute approximate surface area is 133 Å². The molecule has 0 aliphatic carbocycles. The lowest BCUT2D eigenvalue weighted by molar-refractivity contribution is -0.180. The number of rotatable bonds is 4. The second kappa shape index (κ2) is 6.25. The van der Waals surface area contributed by atoms with Crippen molar-refractivity contribution in [3.8, 4) is 0 Å². The fraction of sp³-hybridized carbons (Fsp3) is 0.647. The van der Waals surface area contributed by atoms with Gasteiger partial charge in [-0.05, 0) is 51.8 Å². The minimum Gasteiger partial charge on any atom is -0.367 e. The average Bonchev–Trinajstić information content (AvgIpc) is 2.32. The molecule has 0 radical (unpaired) electrons. The van der Waals surface area contributed by atoms with E-state index in [-0.39, 0.29) is 17.2 Å². The zero-order valence-electron chi connectivity index (χ0n) is 13.5.